The van der Waals surface area contributed by atoms with Crippen LogP contribution in [0.2, 0.25) is 0 Å². The number of carbonyl (C=O) groups is 1. The maximum atomic E-state index is 12.5. The molecule has 2 aromatic carbocycles. The number of benzene rings is 2. The van der Waals surface area contributed by atoms with Gasteiger partial charge in [0.15, 0.2) is 11.5 Å². The first kappa shape index (κ1) is 20.7. The molecule has 30 heavy (non-hydrogen) atoms. The van der Waals surface area contributed by atoms with Gasteiger partial charge in [0.05, 0.1) is 4.90 Å². The fourth-order valence-electron chi connectivity index (χ4n) is 3.85. The molecule has 1 amide bonds. The van der Waals surface area contributed by atoms with Crippen LogP contribution in [-0.4, -0.2) is 39.6 Å². The van der Waals surface area contributed by atoms with Gasteiger partial charge in [0.25, 0.3) is 0 Å². The van der Waals surface area contributed by atoms with Crippen molar-refractivity contribution in [1.29, 1.82) is 0 Å². The Morgan fingerprint density at radius 2 is 1.93 bits per heavy atom. The summed E-state index contributed by atoms with van der Waals surface area (Å²) in [6, 6.07) is 12.1. The molecule has 0 radical (unpaired) electrons. The van der Waals surface area contributed by atoms with Gasteiger partial charge >= 0.3 is 0 Å². The maximum Gasteiger partial charge on any atom is 0.240 e. The van der Waals surface area contributed by atoms with Crippen molar-refractivity contribution < 1.29 is 22.7 Å². The molecule has 2 aliphatic heterocycles. The van der Waals surface area contributed by atoms with Crippen molar-refractivity contribution >= 4 is 21.6 Å². The zero-order valence-electron chi connectivity index (χ0n) is 17.2. The van der Waals surface area contributed by atoms with Crippen LogP contribution in [0, 0.1) is 0 Å². The molecule has 0 unspecified atom stereocenters. The number of anilines is 1. The quantitative estimate of drug-likeness (QED) is 0.683. The van der Waals surface area contributed by atoms with Crippen LogP contribution in [0.3, 0.4) is 0 Å². The van der Waals surface area contributed by atoms with Gasteiger partial charge in [-0.2, -0.15) is 0 Å². The molecule has 160 valence electrons. The molecular weight excluding hydrogens is 404 g/mol. The van der Waals surface area contributed by atoms with Crippen LogP contribution in [0.1, 0.15) is 32.3 Å². The van der Waals surface area contributed by atoms with E-state index < -0.39 is 10.0 Å². The highest BCUT2D eigenvalue weighted by Crippen LogP contribution is 2.41. The number of carbonyl (C=O) groups excluding carboxylic acids is 1. The average Bonchev–Trinajstić information content (AvgIpc) is 3.27. The SMILES string of the molecule is CC1(C)Cc2cccc(OCCNS(=O)(=O)c3ccc(N4CCCC4=O)cc3)c2O1. The van der Waals surface area contributed by atoms with Crippen molar-refractivity contribution in [3.05, 3.63) is 48.0 Å². The molecule has 7 nitrogen and oxygen atoms in total. The van der Waals surface area contributed by atoms with Gasteiger partial charge in [0, 0.05) is 37.2 Å². The third-order valence-electron chi connectivity index (χ3n) is 5.24. The second-order valence-corrected chi connectivity index (χ2v) is 9.94. The van der Waals surface area contributed by atoms with Crippen molar-refractivity contribution in [2.45, 2.75) is 43.6 Å². The highest BCUT2D eigenvalue weighted by molar-refractivity contribution is 7.89. The molecule has 0 atom stereocenters. The van der Waals surface area contributed by atoms with Crippen molar-refractivity contribution in [2.75, 3.05) is 24.6 Å². The molecule has 2 heterocycles. The van der Waals surface area contributed by atoms with E-state index in [9.17, 15) is 13.2 Å². The summed E-state index contributed by atoms with van der Waals surface area (Å²) in [5.74, 6) is 1.43. The third kappa shape index (κ3) is 4.29. The average molecular weight is 431 g/mol. The normalized spacial score (nSPS) is 17.7. The lowest BCUT2D eigenvalue weighted by Gasteiger charge is -2.18. The first-order valence-corrected chi connectivity index (χ1v) is 11.6. The zero-order valence-corrected chi connectivity index (χ0v) is 18.0. The summed E-state index contributed by atoms with van der Waals surface area (Å²) < 4.78 is 39.4. The standard InChI is InChI=1S/C22H26N2O5S/c1-22(2)15-16-5-3-6-19(21(16)29-22)28-14-12-23-30(26,27)18-10-8-17(9-11-18)24-13-4-7-20(24)25/h3,5-6,8-11,23H,4,7,12-15H2,1-2H3. The van der Waals surface area contributed by atoms with Crippen molar-refractivity contribution in [1.82, 2.24) is 4.72 Å². The topological polar surface area (TPSA) is 84.9 Å². The molecule has 0 aliphatic carbocycles. The van der Waals surface area contributed by atoms with Gasteiger partial charge in [-0.15, -0.1) is 0 Å². The number of nitrogens with zero attached hydrogens (tertiary/aromatic N) is 1. The Hall–Kier alpha value is -2.58. The fourth-order valence-corrected chi connectivity index (χ4v) is 4.86. The number of para-hydroxylation sites is 1. The van der Waals surface area contributed by atoms with Gasteiger partial charge < -0.3 is 14.4 Å². The summed E-state index contributed by atoms with van der Waals surface area (Å²) in [6.07, 6.45) is 2.17. The van der Waals surface area contributed by atoms with Crippen molar-refractivity contribution in [3.8, 4) is 11.5 Å². The zero-order chi connectivity index (χ0) is 21.4. The molecule has 1 saturated heterocycles. The number of amides is 1. The highest BCUT2D eigenvalue weighted by Gasteiger charge is 2.32. The van der Waals surface area contributed by atoms with Crippen LogP contribution >= 0.6 is 0 Å². The van der Waals surface area contributed by atoms with Gasteiger partial charge in [-0.1, -0.05) is 12.1 Å². The molecule has 0 spiro atoms. The molecular formula is C22H26N2O5S. The summed E-state index contributed by atoms with van der Waals surface area (Å²) in [4.78, 5) is 13.7. The number of hydrogen-bond donors (Lipinski definition) is 1. The Kier molecular flexibility index (Phi) is 5.46. The summed E-state index contributed by atoms with van der Waals surface area (Å²) in [5.41, 5.74) is 1.55. The molecule has 8 heteroatoms. The van der Waals surface area contributed by atoms with Crippen LogP contribution in [0.15, 0.2) is 47.4 Å². The Balaban J connectivity index is 1.33. The van der Waals surface area contributed by atoms with E-state index in [4.69, 9.17) is 9.47 Å². The monoisotopic (exact) mass is 430 g/mol. The molecule has 1 fully saturated rings. The van der Waals surface area contributed by atoms with Gasteiger partial charge in [0.1, 0.15) is 12.2 Å². The first-order chi connectivity index (χ1) is 14.3. The Bertz CT molecular complexity index is 1050. The number of sulfonamides is 1. The minimum absolute atomic E-state index is 0.0700. The first-order valence-electron chi connectivity index (χ1n) is 10.1. The smallest absolute Gasteiger partial charge is 0.240 e. The summed E-state index contributed by atoms with van der Waals surface area (Å²) in [7, 11) is -3.66. The minimum atomic E-state index is -3.66. The van der Waals surface area contributed by atoms with Crippen molar-refractivity contribution in [3.63, 3.8) is 0 Å². The van der Waals surface area contributed by atoms with E-state index in [0.717, 1.165) is 29.8 Å². The van der Waals surface area contributed by atoms with Crippen LogP contribution in [0.5, 0.6) is 11.5 Å². The van der Waals surface area contributed by atoms with Gasteiger partial charge in [-0.05, 0) is 50.6 Å². The summed E-state index contributed by atoms with van der Waals surface area (Å²) in [6.45, 7) is 5.03. The van der Waals surface area contributed by atoms with E-state index in [-0.39, 0.29) is 29.6 Å². The highest BCUT2D eigenvalue weighted by atomic mass is 32.2. The van der Waals surface area contributed by atoms with Gasteiger partial charge in [-0.25, -0.2) is 13.1 Å². The second kappa shape index (κ2) is 7.92. The van der Waals surface area contributed by atoms with Gasteiger partial charge in [0.2, 0.25) is 15.9 Å². The van der Waals surface area contributed by atoms with E-state index in [1.165, 1.54) is 12.1 Å². The Morgan fingerprint density at radius 3 is 2.63 bits per heavy atom. The van der Waals surface area contributed by atoms with E-state index in [1.54, 1.807) is 17.0 Å². The number of nitrogens with one attached hydrogen (secondary N) is 1. The molecule has 0 aromatic heterocycles. The second-order valence-electron chi connectivity index (χ2n) is 8.17. The lowest BCUT2D eigenvalue weighted by molar-refractivity contribution is -0.117. The fraction of sp³-hybridized carbons (Fsp3) is 0.409. The predicted molar refractivity (Wildman–Crippen MR) is 114 cm³/mol. The van der Waals surface area contributed by atoms with Crippen LogP contribution in [0.4, 0.5) is 5.69 Å². The molecule has 4 rings (SSSR count). The Labute approximate surface area is 177 Å². The molecule has 0 bridgehead atoms. The van der Waals surface area contributed by atoms with Gasteiger partial charge in [-0.3, -0.25) is 4.79 Å². The lowest BCUT2D eigenvalue weighted by atomic mass is 10.0. The molecule has 0 saturated carbocycles. The Morgan fingerprint density at radius 1 is 1.17 bits per heavy atom. The van der Waals surface area contributed by atoms with E-state index >= 15 is 0 Å². The van der Waals surface area contributed by atoms with Crippen LogP contribution in [0.25, 0.3) is 0 Å². The number of ether oxygens (including phenoxy) is 2. The maximum absolute atomic E-state index is 12.5. The van der Waals surface area contributed by atoms with E-state index in [0.29, 0.717) is 18.7 Å². The third-order valence-corrected chi connectivity index (χ3v) is 6.72. The van der Waals surface area contributed by atoms with Crippen molar-refractivity contribution in [2.24, 2.45) is 0 Å². The molecule has 1 N–H and O–H groups in total. The predicted octanol–water partition coefficient (Wildman–Crippen LogP) is 2.88. The summed E-state index contributed by atoms with van der Waals surface area (Å²) >= 11 is 0. The molecule has 2 aromatic rings. The summed E-state index contributed by atoms with van der Waals surface area (Å²) in [5, 5.41) is 0. The van der Waals surface area contributed by atoms with Crippen LogP contribution < -0.4 is 19.1 Å². The van der Waals surface area contributed by atoms with E-state index in [2.05, 4.69) is 4.72 Å². The number of rotatable bonds is 7. The van der Waals surface area contributed by atoms with Crippen LogP contribution in [-0.2, 0) is 21.2 Å². The largest absolute Gasteiger partial charge is 0.488 e. The minimum Gasteiger partial charge on any atom is -0.488 e. The molecule has 2 aliphatic rings. The number of fused-ring (bicyclic) bond motifs is 1. The lowest BCUT2D eigenvalue weighted by Crippen LogP contribution is -2.28. The van der Waals surface area contributed by atoms with E-state index in [1.807, 2.05) is 32.0 Å². The number of hydrogen-bond acceptors (Lipinski definition) is 5.